The Morgan fingerprint density at radius 2 is 2.54 bits per heavy atom. The molecular formula is C9H14ClN3. The molecule has 0 saturated carbocycles. The molecule has 1 aromatic rings. The summed E-state index contributed by atoms with van der Waals surface area (Å²) in [4.78, 5) is 4.21. The molecule has 0 aliphatic carbocycles. The van der Waals surface area contributed by atoms with Gasteiger partial charge >= 0.3 is 0 Å². The topological polar surface area (TPSA) is 29.9 Å². The van der Waals surface area contributed by atoms with Crippen molar-refractivity contribution in [1.29, 1.82) is 0 Å². The van der Waals surface area contributed by atoms with E-state index in [1.807, 2.05) is 30.1 Å². The van der Waals surface area contributed by atoms with Crippen molar-refractivity contribution in [3.8, 4) is 0 Å². The summed E-state index contributed by atoms with van der Waals surface area (Å²) in [6, 6.07) is 0. The Kier molecular flexibility index (Phi) is 4.57. The van der Waals surface area contributed by atoms with Crippen LogP contribution in [0.3, 0.4) is 0 Å². The highest BCUT2D eigenvalue weighted by atomic mass is 35.5. The predicted molar refractivity (Wildman–Crippen MR) is 54.8 cm³/mol. The number of nitrogens with one attached hydrogen (secondary N) is 1. The first kappa shape index (κ1) is 10.3. The molecule has 0 unspecified atom stereocenters. The van der Waals surface area contributed by atoms with Crippen molar-refractivity contribution in [2.75, 3.05) is 13.1 Å². The van der Waals surface area contributed by atoms with Crippen LogP contribution in [-0.2, 0) is 13.5 Å². The molecule has 13 heavy (non-hydrogen) atoms. The van der Waals surface area contributed by atoms with Gasteiger partial charge in [0, 0.05) is 44.5 Å². The van der Waals surface area contributed by atoms with Gasteiger partial charge in [0.25, 0.3) is 0 Å². The van der Waals surface area contributed by atoms with Crippen LogP contribution in [0.2, 0.25) is 0 Å². The molecule has 0 aromatic carbocycles. The summed E-state index contributed by atoms with van der Waals surface area (Å²) in [6.07, 6.45) is 6.58. The molecule has 0 amide bonds. The van der Waals surface area contributed by atoms with E-state index in [-0.39, 0.29) is 0 Å². The van der Waals surface area contributed by atoms with Crippen molar-refractivity contribution >= 4 is 11.6 Å². The second-order valence-corrected chi connectivity index (χ2v) is 3.02. The zero-order valence-electron chi connectivity index (χ0n) is 7.70. The minimum Gasteiger partial charge on any atom is -0.338 e. The molecule has 4 heteroatoms. The Bertz CT molecular complexity index is 268. The lowest BCUT2D eigenvalue weighted by molar-refractivity contribution is 0.693. The van der Waals surface area contributed by atoms with Gasteiger partial charge in [-0.15, -0.1) is 0 Å². The van der Waals surface area contributed by atoms with Gasteiger partial charge in [-0.05, 0) is 0 Å². The van der Waals surface area contributed by atoms with Crippen LogP contribution in [0.15, 0.2) is 24.0 Å². The average molecular weight is 200 g/mol. The number of nitrogens with zero attached hydrogens (tertiary/aromatic N) is 2. The lowest BCUT2D eigenvalue weighted by atomic mass is 10.4. The summed E-state index contributed by atoms with van der Waals surface area (Å²) in [5.74, 6) is 1.10. The summed E-state index contributed by atoms with van der Waals surface area (Å²) >= 11 is 5.37. The molecule has 1 N–H and O–H groups in total. The standard InChI is InChI=1S/C9H14ClN3/c1-13-8-7-12-9(13)3-6-11-5-2-4-10/h2,4,7-8,11H,3,5-6H2,1H3/b4-2+. The summed E-state index contributed by atoms with van der Waals surface area (Å²) in [7, 11) is 2.00. The lowest BCUT2D eigenvalue weighted by Crippen LogP contribution is -2.18. The van der Waals surface area contributed by atoms with Gasteiger partial charge in [-0.1, -0.05) is 17.7 Å². The molecule has 0 atom stereocenters. The summed E-state index contributed by atoms with van der Waals surface area (Å²) in [5.41, 5.74) is 1.52. The Labute approximate surface area is 83.4 Å². The molecule has 0 bridgehead atoms. The van der Waals surface area contributed by atoms with Gasteiger partial charge < -0.3 is 9.88 Å². The van der Waals surface area contributed by atoms with Gasteiger partial charge in [0.05, 0.1) is 0 Å². The zero-order valence-corrected chi connectivity index (χ0v) is 8.46. The number of halogens is 1. The van der Waals surface area contributed by atoms with Crippen LogP contribution in [-0.4, -0.2) is 22.6 Å². The van der Waals surface area contributed by atoms with E-state index in [0.29, 0.717) is 0 Å². The van der Waals surface area contributed by atoms with Crippen LogP contribution in [0.5, 0.6) is 0 Å². The maximum Gasteiger partial charge on any atom is 0.109 e. The molecule has 1 rings (SSSR count). The van der Waals surface area contributed by atoms with E-state index in [4.69, 9.17) is 11.6 Å². The van der Waals surface area contributed by atoms with Crippen molar-refractivity contribution in [3.63, 3.8) is 0 Å². The van der Waals surface area contributed by atoms with E-state index in [1.54, 1.807) is 0 Å². The smallest absolute Gasteiger partial charge is 0.109 e. The number of hydrogen-bond donors (Lipinski definition) is 1. The van der Waals surface area contributed by atoms with E-state index in [9.17, 15) is 0 Å². The first-order chi connectivity index (χ1) is 6.34. The van der Waals surface area contributed by atoms with Gasteiger partial charge in [-0.25, -0.2) is 4.98 Å². The number of aromatic nitrogens is 2. The van der Waals surface area contributed by atoms with Crippen molar-refractivity contribution in [3.05, 3.63) is 29.8 Å². The van der Waals surface area contributed by atoms with E-state index < -0.39 is 0 Å². The van der Waals surface area contributed by atoms with Crippen molar-refractivity contribution < 1.29 is 0 Å². The fourth-order valence-electron chi connectivity index (χ4n) is 1.07. The summed E-state index contributed by atoms with van der Waals surface area (Å²) in [5, 5.41) is 3.23. The molecule has 0 fully saturated rings. The highest BCUT2D eigenvalue weighted by molar-refractivity contribution is 6.25. The minimum atomic E-state index is 0.813. The summed E-state index contributed by atoms with van der Waals surface area (Å²) < 4.78 is 2.03. The normalized spacial score (nSPS) is 11.2. The first-order valence-electron chi connectivity index (χ1n) is 4.26. The number of rotatable bonds is 5. The molecule has 0 saturated heterocycles. The Morgan fingerprint density at radius 1 is 1.69 bits per heavy atom. The SMILES string of the molecule is Cn1ccnc1CCNC/C=C/Cl. The van der Waals surface area contributed by atoms with Gasteiger partial charge in [0.2, 0.25) is 0 Å². The molecule has 3 nitrogen and oxygen atoms in total. The first-order valence-corrected chi connectivity index (χ1v) is 4.70. The van der Waals surface area contributed by atoms with Crippen molar-refractivity contribution in [2.24, 2.45) is 7.05 Å². The monoisotopic (exact) mass is 199 g/mol. The minimum absolute atomic E-state index is 0.813. The lowest BCUT2D eigenvalue weighted by Gasteiger charge is -2.01. The van der Waals surface area contributed by atoms with E-state index >= 15 is 0 Å². The molecule has 0 spiro atoms. The van der Waals surface area contributed by atoms with Crippen molar-refractivity contribution in [1.82, 2.24) is 14.9 Å². The second kappa shape index (κ2) is 5.78. The third kappa shape index (κ3) is 3.61. The van der Waals surface area contributed by atoms with Crippen LogP contribution >= 0.6 is 11.6 Å². The Balaban J connectivity index is 2.16. The third-order valence-electron chi connectivity index (χ3n) is 1.80. The molecule has 0 aliphatic rings. The highest BCUT2D eigenvalue weighted by Crippen LogP contribution is 1.93. The van der Waals surface area contributed by atoms with Gasteiger partial charge in [0.15, 0.2) is 0 Å². The number of hydrogen-bond acceptors (Lipinski definition) is 2. The second-order valence-electron chi connectivity index (χ2n) is 2.77. The van der Waals surface area contributed by atoms with Crippen LogP contribution in [0.4, 0.5) is 0 Å². The molecule has 0 radical (unpaired) electrons. The predicted octanol–water partition coefficient (Wildman–Crippen LogP) is 1.30. The highest BCUT2D eigenvalue weighted by Gasteiger charge is 1.96. The summed E-state index contributed by atoms with van der Waals surface area (Å²) in [6.45, 7) is 1.74. The molecule has 1 aromatic heterocycles. The van der Waals surface area contributed by atoms with Crippen molar-refractivity contribution in [2.45, 2.75) is 6.42 Å². The van der Waals surface area contributed by atoms with E-state index in [2.05, 4.69) is 10.3 Å². The fraction of sp³-hybridized carbons (Fsp3) is 0.444. The van der Waals surface area contributed by atoms with Crippen LogP contribution < -0.4 is 5.32 Å². The number of imidazole rings is 1. The molecular weight excluding hydrogens is 186 g/mol. The van der Waals surface area contributed by atoms with Crippen LogP contribution in [0.1, 0.15) is 5.82 Å². The Hall–Kier alpha value is -0.800. The number of aryl methyl sites for hydroxylation is 1. The maximum absolute atomic E-state index is 5.37. The van der Waals surface area contributed by atoms with E-state index in [1.165, 1.54) is 5.54 Å². The van der Waals surface area contributed by atoms with Crippen LogP contribution in [0, 0.1) is 0 Å². The van der Waals surface area contributed by atoms with Gasteiger partial charge in [-0.3, -0.25) is 0 Å². The zero-order chi connectivity index (χ0) is 9.52. The fourth-order valence-corrected chi connectivity index (χ4v) is 1.16. The average Bonchev–Trinajstić information content (AvgIpc) is 2.52. The maximum atomic E-state index is 5.37. The Morgan fingerprint density at radius 3 is 3.15 bits per heavy atom. The van der Waals surface area contributed by atoms with E-state index in [0.717, 1.165) is 25.3 Å². The largest absolute Gasteiger partial charge is 0.338 e. The third-order valence-corrected chi connectivity index (χ3v) is 1.98. The molecule has 72 valence electrons. The quantitative estimate of drug-likeness (QED) is 0.725. The molecule has 0 aliphatic heterocycles. The van der Waals surface area contributed by atoms with Gasteiger partial charge in [-0.2, -0.15) is 0 Å². The van der Waals surface area contributed by atoms with Gasteiger partial charge in [0.1, 0.15) is 5.82 Å². The van der Waals surface area contributed by atoms with Crippen LogP contribution in [0.25, 0.3) is 0 Å². The molecule has 1 heterocycles.